The molecule has 182 valence electrons. The number of aromatic nitrogens is 4. The van der Waals surface area contributed by atoms with Crippen molar-refractivity contribution in [2.24, 2.45) is 0 Å². The third-order valence-electron chi connectivity index (χ3n) is 7.50. The van der Waals surface area contributed by atoms with Gasteiger partial charge in [-0.2, -0.15) is 4.98 Å². The quantitative estimate of drug-likeness (QED) is 0.463. The molecule has 1 N–H and O–H groups in total. The van der Waals surface area contributed by atoms with Gasteiger partial charge in [-0.15, -0.1) is 5.10 Å². The maximum absolute atomic E-state index is 6.23. The molecule has 0 spiro atoms. The van der Waals surface area contributed by atoms with Crippen LogP contribution in [0.3, 0.4) is 0 Å². The number of likely N-dealkylation sites (N-methyl/N-ethyl adjacent to an activating group) is 1. The van der Waals surface area contributed by atoms with Crippen LogP contribution in [0.2, 0.25) is 0 Å². The molecule has 0 saturated carbocycles. The molecular weight excluding hydrogens is 438 g/mol. The fourth-order valence-electron chi connectivity index (χ4n) is 5.43. The van der Waals surface area contributed by atoms with Crippen molar-refractivity contribution in [3.8, 4) is 6.01 Å². The lowest BCUT2D eigenvalue weighted by Crippen LogP contribution is -2.50. The van der Waals surface area contributed by atoms with Crippen LogP contribution >= 0.6 is 0 Å². The predicted octanol–water partition coefficient (Wildman–Crippen LogP) is 3.14. The number of hydrogen-bond donors (Lipinski definition) is 1. The summed E-state index contributed by atoms with van der Waals surface area (Å²) >= 11 is 0. The average Bonchev–Trinajstić information content (AvgIpc) is 3.48. The lowest BCUT2D eigenvalue weighted by atomic mass is 10.0. The van der Waals surface area contributed by atoms with Gasteiger partial charge in [-0.3, -0.25) is 0 Å². The van der Waals surface area contributed by atoms with E-state index in [1.54, 1.807) is 0 Å². The number of ether oxygens (including phenoxy) is 1. The maximum atomic E-state index is 6.23. The highest BCUT2D eigenvalue weighted by atomic mass is 16.5. The van der Waals surface area contributed by atoms with E-state index in [4.69, 9.17) is 19.8 Å². The van der Waals surface area contributed by atoms with Crippen LogP contribution < -0.4 is 15.0 Å². The second kappa shape index (κ2) is 9.43. The Labute approximate surface area is 205 Å². The van der Waals surface area contributed by atoms with Gasteiger partial charge in [0.1, 0.15) is 6.61 Å². The van der Waals surface area contributed by atoms with Crippen LogP contribution in [0.1, 0.15) is 31.0 Å². The average molecular weight is 472 g/mol. The monoisotopic (exact) mass is 471 g/mol. The number of rotatable bonds is 6. The Morgan fingerprint density at radius 2 is 2.00 bits per heavy atom. The van der Waals surface area contributed by atoms with Crippen molar-refractivity contribution >= 4 is 22.2 Å². The fourth-order valence-corrected chi connectivity index (χ4v) is 5.43. The molecule has 2 saturated heterocycles. The molecule has 2 aliphatic heterocycles. The molecule has 4 aromatic rings. The van der Waals surface area contributed by atoms with Crippen molar-refractivity contribution in [1.82, 2.24) is 29.8 Å². The van der Waals surface area contributed by atoms with Crippen molar-refractivity contribution in [2.75, 3.05) is 44.7 Å². The minimum absolute atomic E-state index is 0.314. The molecule has 2 aromatic carbocycles. The van der Waals surface area contributed by atoms with Gasteiger partial charge in [0.05, 0.1) is 11.9 Å². The van der Waals surface area contributed by atoms with Gasteiger partial charge in [0.15, 0.2) is 11.5 Å². The smallest absolute Gasteiger partial charge is 0.336 e. The molecule has 0 bridgehead atoms. The molecule has 2 aliphatic rings. The van der Waals surface area contributed by atoms with Gasteiger partial charge in [0.25, 0.3) is 0 Å². The zero-order chi connectivity index (χ0) is 23.8. The van der Waals surface area contributed by atoms with Crippen molar-refractivity contribution in [3.05, 3.63) is 59.9 Å². The first kappa shape index (κ1) is 22.2. The van der Waals surface area contributed by atoms with Gasteiger partial charge in [0.2, 0.25) is 0 Å². The zero-order valence-corrected chi connectivity index (χ0v) is 20.5. The van der Waals surface area contributed by atoms with E-state index in [1.165, 1.54) is 22.8 Å². The van der Waals surface area contributed by atoms with Gasteiger partial charge in [-0.25, -0.2) is 9.50 Å². The van der Waals surface area contributed by atoms with Crippen molar-refractivity contribution < 1.29 is 4.74 Å². The molecule has 0 aliphatic carbocycles. The summed E-state index contributed by atoms with van der Waals surface area (Å²) in [6.07, 6.45) is 5.04. The van der Waals surface area contributed by atoms with Gasteiger partial charge < -0.3 is 19.9 Å². The third kappa shape index (κ3) is 4.32. The van der Waals surface area contributed by atoms with Crippen LogP contribution in [0.5, 0.6) is 6.01 Å². The standard InChI is InChI=1S/C27H33N7O/c1-19-16-28-12-14-33(19)26-25-29-17-23(15-21-9-5-8-20-7-3-4-11-24(20)21)34(25)31-27(30-26)35-18-22-10-6-13-32(22)2/h3-5,7-9,11,17,19,22,28H,6,10,12-16,18H2,1-2H3. The molecule has 2 atom stereocenters. The van der Waals surface area contributed by atoms with Crippen LogP contribution in [0.15, 0.2) is 48.7 Å². The van der Waals surface area contributed by atoms with Crippen molar-refractivity contribution in [3.63, 3.8) is 0 Å². The van der Waals surface area contributed by atoms with E-state index in [9.17, 15) is 0 Å². The maximum Gasteiger partial charge on any atom is 0.336 e. The van der Waals surface area contributed by atoms with Crippen LogP contribution in [-0.4, -0.2) is 76.4 Å². The highest BCUT2D eigenvalue weighted by Crippen LogP contribution is 2.27. The number of nitrogens with one attached hydrogen (secondary N) is 1. The number of nitrogens with zero attached hydrogens (tertiary/aromatic N) is 6. The zero-order valence-electron chi connectivity index (χ0n) is 20.5. The number of fused-ring (bicyclic) bond motifs is 2. The van der Waals surface area contributed by atoms with Gasteiger partial charge in [-0.05, 0) is 49.7 Å². The third-order valence-corrected chi connectivity index (χ3v) is 7.50. The second-order valence-corrected chi connectivity index (χ2v) is 9.85. The van der Waals surface area contributed by atoms with Gasteiger partial charge >= 0.3 is 6.01 Å². The van der Waals surface area contributed by atoms with Crippen LogP contribution in [0, 0.1) is 0 Å². The largest absolute Gasteiger partial charge is 0.461 e. The van der Waals surface area contributed by atoms with E-state index in [0.29, 0.717) is 24.7 Å². The Morgan fingerprint density at radius 3 is 2.86 bits per heavy atom. The van der Waals surface area contributed by atoms with Crippen LogP contribution in [-0.2, 0) is 6.42 Å². The highest BCUT2D eigenvalue weighted by molar-refractivity contribution is 5.86. The Kier molecular flexibility index (Phi) is 6.00. The molecule has 35 heavy (non-hydrogen) atoms. The van der Waals surface area contributed by atoms with E-state index in [1.807, 2.05) is 10.7 Å². The highest BCUT2D eigenvalue weighted by Gasteiger charge is 2.26. The summed E-state index contributed by atoms with van der Waals surface area (Å²) in [5.74, 6) is 0.855. The Morgan fingerprint density at radius 1 is 1.11 bits per heavy atom. The fraction of sp³-hybridized carbons (Fsp3) is 0.444. The molecule has 2 aromatic heterocycles. The van der Waals surface area contributed by atoms with E-state index in [2.05, 4.69) is 71.6 Å². The number of anilines is 1. The number of hydrogen-bond acceptors (Lipinski definition) is 7. The first-order valence-electron chi connectivity index (χ1n) is 12.7. The van der Waals surface area contributed by atoms with Gasteiger partial charge in [0, 0.05) is 38.1 Å². The Bertz CT molecular complexity index is 1330. The summed E-state index contributed by atoms with van der Waals surface area (Å²) in [7, 11) is 2.16. The lowest BCUT2D eigenvalue weighted by Gasteiger charge is -2.34. The van der Waals surface area contributed by atoms with Crippen LogP contribution in [0.4, 0.5) is 5.82 Å². The molecule has 8 heteroatoms. The van der Waals surface area contributed by atoms with E-state index in [0.717, 1.165) is 56.2 Å². The minimum atomic E-state index is 0.314. The molecule has 8 nitrogen and oxygen atoms in total. The number of likely N-dealkylation sites (tertiary alicyclic amines) is 1. The summed E-state index contributed by atoms with van der Waals surface area (Å²) in [4.78, 5) is 14.4. The molecule has 0 radical (unpaired) electrons. The number of piperazine rings is 1. The number of benzene rings is 2. The van der Waals surface area contributed by atoms with E-state index >= 15 is 0 Å². The molecule has 2 fully saturated rings. The number of imidazole rings is 1. The molecular formula is C27H33N7O. The Balaban J connectivity index is 1.39. The van der Waals surface area contributed by atoms with Crippen molar-refractivity contribution in [2.45, 2.75) is 38.3 Å². The second-order valence-electron chi connectivity index (χ2n) is 9.85. The first-order chi connectivity index (χ1) is 17.2. The SMILES string of the molecule is CC1CNCCN1c1nc(OCC2CCCN2C)nn2c(Cc3cccc4ccccc34)cnc12. The summed E-state index contributed by atoms with van der Waals surface area (Å²) < 4.78 is 8.18. The van der Waals surface area contributed by atoms with Gasteiger partial charge in [-0.1, -0.05) is 42.5 Å². The lowest BCUT2D eigenvalue weighted by molar-refractivity contribution is 0.185. The normalized spacial score (nSPS) is 21.3. The summed E-state index contributed by atoms with van der Waals surface area (Å²) in [6.45, 7) is 6.67. The minimum Gasteiger partial charge on any atom is -0.461 e. The molecule has 0 amide bonds. The molecule has 6 rings (SSSR count). The predicted molar refractivity (Wildman–Crippen MR) is 138 cm³/mol. The topological polar surface area (TPSA) is 70.8 Å². The Hall–Kier alpha value is -3.23. The first-order valence-corrected chi connectivity index (χ1v) is 12.7. The molecule has 2 unspecified atom stereocenters. The van der Waals surface area contributed by atoms with E-state index < -0.39 is 0 Å². The van der Waals surface area contributed by atoms with Crippen LogP contribution in [0.25, 0.3) is 16.4 Å². The summed E-state index contributed by atoms with van der Waals surface area (Å²) in [5, 5.41) is 10.8. The van der Waals surface area contributed by atoms with Crippen molar-refractivity contribution in [1.29, 1.82) is 0 Å². The summed E-state index contributed by atoms with van der Waals surface area (Å²) in [5.41, 5.74) is 3.08. The van der Waals surface area contributed by atoms with E-state index in [-0.39, 0.29) is 0 Å². The summed E-state index contributed by atoms with van der Waals surface area (Å²) in [6, 6.07) is 16.1. The molecule has 4 heterocycles.